The summed E-state index contributed by atoms with van der Waals surface area (Å²) in [6.07, 6.45) is 1.85. The summed E-state index contributed by atoms with van der Waals surface area (Å²) in [5, 5.41) is 0. The van der Waals surface area contributed by atoms with E-state index in [-0.39, 0.29) is 0 Å². The number of rotatable bonds is 6. The minimum Gasteiger partial charge on any atom is -0.373 e. The number of nitrogens with two attached hydrogens (primary N) is 1. The third-order valence-electron chi connectivity index (χ3n) is 1.92. The molecule has 5 nitrogen and oxygen atoms in total. The van der Waals surface area contributed by atoms with Gasteiger partial charge in [0.15, 0.2) is 5.82 Å². The molecule has 0 saturated carbocycles. The Morgan fingerprint density at radius 1 is 1.40 bits per heavy atom. The second-order valence-electron chi connectivity index (χ2n) is 3.21. The molecule has 0 aliphatic heterocycles. The van der Waals surface area contributed by atoms with Crippen molar-refractivity contribution in [2.24, 2.45) is 5.84 Å². The Balaban J connectivity index is 2.68. The van der Waals surface area contributed by atoms with Gasteiger partial charge in [-0.1, -0.05) is 13.8 Å². The van der Waals surface area contributed by atoms with Crippen LogP contribution < -0.4 is 11.3 Å². The predicted octanol–water partition coefficient (Wildman–Crippen LogP) is 1.25. The normalized spacial score (nSPS) is 10.3. The standard InChI is InChI=1S/C10H18N4O/c1-3-5-15-7-10-12-8(4-2)6-9(13-10)14-11/h6H,3-5,7,11H2,1-2H3,(H,12,13,14). The van der Waals surface area contributed by atoms with Gasteiger partial charge in [-0.3, -0.25) is 0 Å². The van der Waals surface area contributed by atoms with Crippen LogP contribution >= 0.6 is 0 Å². The van der Waals surface area contributed by atoms with E-state index in [2.05, 4.69) is 22.3 Å². The molecule has 84 valence electrons. The maximum atomic E-state index is 5.37. The summed E-state index contributed by atoms with van der Waals surface area (Å²) < 4.78 is 5.37. The number of aromatic nitrogens is 2. The van der Waals surface area contributed by atoms with Crippen molar-refractivity contribution >= 4 is 5.82 Å². The van der Waals surface area contributed by atoms with Crippen LogP contribution in [0.5, 0.6) is 0 Å². The van der Waals surface area contributed by atoms with Gasteiger partial charge in [0, 0.05) is 18.4 Å². The third kappa shape index (κ3) is 3.81. The van der Waals surface area contributed by atoms with Gasteiger partial charge in [0.25, 0.3) is 0 Å². The first kappa shape index (κ1) is 11.9. The Morgan fingerprint density at radius 3 is 2.80 bits per heavy atom. The molecule has 0 aromatic carbocycles. The number of nitrogens with one attached hydrogen (secondary N) is 1. The molecular weight excluding hydrogens is 192 g/mol. The van der Waals surface area contributed by atoms with Crippen molar-refractivity contribution in [1.82, 2.24) is 9.97 Å². The Labute approximate surface area is 90.0 Å². The van der Waals surface area contributed by atoms with Crippen molar-refractivity contribution in [1.29, 1.82) is 0 Å². The molecule has 1 aromatic rings. The molecular formula is C10H18N4O. The van der Waals surface area contributed by atoms with Gasteiger partial charge in [-0.2, -0.15) is 0 Å². The SMILES string of the molecule is CCCOCc1nc(CC)cc(NN)n1. The van der Waals surface area contributed by atoms with Crippen molar-refractivity contribution in [3.8, 4) is 0 Å². The van der Waals surface area contributed by atoms with Gasteiger partial charge >= 0.3 is 0 Å². The van der Waals surface area contributed by atoms with Crippen molar-refractivity contribution in [2.75, 3.05) is 12.0 Å². The van der Waals surface area contributed by atoms with Gasteiger partial charge in [0.2, 0.25) is 0 Å². The number of aryl methyl sites for hydroxylation is 1. The molecule has 1 aromatic heterocycles. The molecule has 0 radical (unpaired) electrons. The fraction of sp³-hybridized carbons (Fsp3) is 0.600. The maximum Gasteiger partial charge on any atom is 0.156 e. The molecule has 0 fully saturated rings. The van der Waals surface area contributed by atoms with E-state index in [1.54, 1.807) is 0 Å². The second-order valence-corrected chi connectivity index (χ2v) is 3.21. The van der Waals surface area contributed by atoms with Crippen LogP contribution in [0.1, 0.15) is 31.8 Å². The van der Waals surface area contributed by atoms with Crippen LogP contribution in [0, 0.1) is 0 Å². The topological polar surface area (TPSA) is 73.1 Å². The summed E-state index contributed by atoms with van der Waals surface area (Å²) >= 11 is 0. The molecule has 3 N–H and O–H groups in total. The molecule has 0 aliphatic carbocycles. The average molecular weight is 210 g/mol. The summed E-state index contributed by atoms with van der Waals surface area (Å²) in [5.74, 6) is 6.63. The van der Waals surface area contributed by atoms with Crippen molar-refractivity contribution in [3.05, 3.63) is 17.6 Å². The molecule has 0 aliphatic rings. The minimum absolute atomic E-state index is 0.441. The van der Waals surface area contributed by atoms with Crippen LogP contribution in [0.4, 0.5) is 5.82 Å². The van der Waals surface area contributed by atoms with Gasteiger partial charge < -0.3 is 10.2 Å². The van der Waals surface area contributed by atoms with Crippen molar-refractivity contribution in [2.45, 2.75) is 33.3 Å². The number of nitrogen functional groups attached to an aromatic ring is 1. The molecule has 0 unspecified atom stereocenters. The Morgan fingerprint density at radius 2 is 2.20 bits per heavy atom. The lowest BCUT2D eigenvalue weighted by Gasteiger charge is -2.06. The molecule has 1 rings (SSSR count). The average Bonchev–Trinajstić information content (AvgIpc) is 2.29. The lowest BCUT2D eigenvalue weighted by atomic mass is 10.3. The first-order chi connectivity index (χ1) is 7.30. The zero-order valence-corrected chi connectivity index (χ0v) is 9.29. The molecule has 0 atom stereocenters. The highest BCUT2D eigenvalue weighted by molar-refractivity contribution is 5.34. The van der Waals surface area contributed by atoms with Crippen molar-refractivity contribution < 1.29 is 4.74 Å². The largest absolute Gasteiger partial charge is 0.373 e. The van der Waals surface area contributed by atoms with Gasteiger partial charge in [0.1, 0.15) is 12.4 Å². The Kier molecular flexibility index (Phi) is 5.00. The lowest BCUT2D eigenvalue weighted by Crippen LogP contribution is -2.12. The summed E-state index contributed by atoms with van der Waals surface area (Å²) in [5.41, 5.74) is 3.49. The highest BCUT2D eigenvalue weighted by Gasteiger charge is 2.02. The van der Waals surface area contributed by atoms with Crippen LogP contribution in [-0.4, -0.2) is 16.6 Å². The van der Waals surface area contributed by atoms with Gasteiger partial charge in [-0.05, 0) is 12.8 Å². The molecule has 5 heteroatoms. The highest BCUT2D eigenvalue weighted by Crippen LogP contribution is 2.07. The third-order valence-corrected chi connectivity index (χ3v) is 1.92. The summed E-state index contributed by atoms with van der Waals surface area (Å²) in [4.78, 5) is 8.54. The minimum atomic E-state index is 0.441. The van der Waals surface area contributed by atoms with Gasteiger partial charge in [0.05, 0.1) is 0 Å². The Hall–Kier alpha value is -1.20. The smallest absolute Gasteiger partial charge is 0.156 e. The van der Waals surface area contributed by atoms with Crippen LogP contribution in [0.25, 0.3) is 0 Å². The molecule has 0 spiro atoms. The van der Waals surface area contributed by atoms with Crippen LogP contribution in [0.2, 0.25) is 0 Å². The van der Waals surface area contributed by atoms with E-state index >= 15 is 0 Å². The van der Waals surface area contributed by atoms with E-state index in [1.807, 2.05) is 13.0 Å². The molecule has 15 heavy (non-hydrogen) atoms. The van der Waals surface area contributed by atoms with Crippen LogP contribution in [0.15, 0.2) is 6.07 Å². The zero-order valence-electron chi connectivity index (χ0n) is 9.29. The molecule has 0 saturated heterocycles. The number of ether oxygens (including phenoxy) is 1. The van der Waals surface area contributed by atoms with E-state index in [1.165, 1.54) is 0 Å². The predicted molar refractivity (Wildman–Crippen MR) is 59.2 cm³/mol. The van der Waals surface area contributed by atoms with Gasteiger partial charge in [-0.15, -0.1) is 0 Å². The monoisotopic (exact) mass is 210 g/mol. The summed E-state index contributed by atoms with van der Waals surface area (Å²) in [6, 6.07) is 1.84. The van der Waals surface area contributed by atoms with Crippen molar-refractivity contribution in [3.63, 3.8) is 0 Å². The van der Waals surface area contributed by atoms with Crippen LogP contribution in [0.3, 0.4) is 0 Å². The number of hydrogen-bond acceptors (Lipinski definition) is 5. The zero-order chi connectivity index (χ0) is 11.1. The number of hydrogen-bond donors (Lipinski definition) is 2. The fourth-order valence-corrected chi connectivity index (χ4v) is 1.18. The molecule has 0 bridgehead atoms. The number of nitrogens with zero attached hydrogens (tertiary/aromatic N) is 2. The van der Waals surface area contributed by atoms with E-state index in [0.29, 0.717) is 18.2 Å². The fourth-order valence-electron chi connectivity index (χ4n) is 1.18. The summed E-state index contributed by atoms with van der Waals surface area (Å²) in [7, 11) is 0. The van der Waals surface area contributed by atoms with E-state index in [4.69, 9.17) is 10.6 Å². The van der Waals surface area contributed by atoms with E-state index < -0.39 is 0 Å². The van der Waals surface area contributed by atoms with Crippen LogP contribution in [-0.2, 0) is 17.8 Å². The first-order valence-corrected chi connectivity index (χ1v) is 5.21. The Bertz CT molecular complexity index is 281. The lowest BCUT2D eigenvalue weighted by molar-refractivity contribution is 0.116. The molecule has 1 heterocycles. The number of hydrazine groups is 1. The van der Waals surface area contributed by atoms with E-state index in [0.717, 1.165) is 25.1 Å². The highest BCUT2D eigenvalue weighted by atomic mass is 16.5. The second kappa shape index (κ2) is 6.31. The van der Waals surface area contributed by atoms with Gasteiger partial charge in [-0.25, -0.2) is 15.8 Å². The van der Waals surface area contributed by atoms with E-state index in [9.17, 15) is 0 Å². The number of anilines is 1. The molecule has 0 amide bonds. The quantitative estimate of drug-likeness (QED) is 0.420. The maximum absolute atomic E-state index is 5.37. The first-order valence-electron chi connectivity index (χ1n) is 5.21. The summed E-state index contributed by atoms with van der Waals surface area (Å²) in [6.45, 7) is 5.27.